The maximum Gasteiger partial charge on any atom is 0.414 e. The summed E-state index contributed by atoms with van der Waals surface area (Å²) in [7, 11) is 3.14. The predicted octanol–water partition coefficient (Wildman–Crippen LogP) is 1.46. The Balaban J connectivity index is 0.000000751. The van der Waals surface area contributed by atoms with E-state index in [1.54, 1.807) is 32.4 Å². The van der Waals surface area contributed by atoms with E-state index in [0.717, 1.165) is 25.9 Å². The fourth-order valence-electron chi connectivity index (χ4n) is 3.03. The number of nitrogens with zero attached hydrogens (tertiary/aromatic N) is 1. The summed E-state index contributed by atoms with van der Waals surface area (Å²) in [5.74, 6) is -2.59. The lowest BCUT2D eigenvalue weighted by molar-refractivity contribution is -0.159. The van der Waals surface area contributed by atoms with Crippen LogP contribution in [-0.2, 0) is 23.9 Å². The van der Waals surface area contributed by atoms with Crippen LogP contribution >= 0.6 is 0 Å². The number of aliphatic carboxylic acids is 2. The van der Waals surface area contributed by atoms with Gasteiger partial charge in [-0.3, -0.25) is 9.59 Å². The molecule has 1 saturated heterocycles. The highest BCUT2D eigenvalue weighted by Crippen LogP contribution is 2.29. The van der Waals surface area contributed by atoms with Gasteiger partial charge in [-0.2, -0.15) is 0 Å². The highest BCUT2D eigenvalue weighted by molar-refractivity contribution is 6.27. The summed E-state index contributed by atoms with van der Waals surface area (Å²) < 4.78 is 15.5. The van der Waals surface area contributed by atoms with E-state index < -0.39 is 11.9 Å². The molecule has 0 aromatic heterocycles. The van der Waals surface area contributed by atoms with E-state index >= 15 is 0 Å². The lowest BCUT2D eigenvalue weighted by Crippen LogP contribution is -2.38. The molecule has 0 radical (unpaired) electrons. The Morgan fingerprint density at radius 1 is 1.06 bits per heavy atom. The van der Waals surface area contributed by atoms with Gasteiger partial charge in [-0.05, 0) is 45.0 Å². The largest absolute Gasteiger partial charge is 0.497 e. The van der Waals surface area contributed by atoms with Crippen LogP contribution in [0.25, 0.3) is 0 Å². The number of piperidine rings is 1. The van der Waals surface area contributed by atoms with Crippen LogP contribution in [0.15, 0.2) is 18.2 Å². The first kappa shape index (κ1) is 26.7. The topological polar surface area (TPSA) is 152 Å². The molecule has 1 amide bonds. The third-order valence-electron chi connectivity index (χ3n) is 4.73. The Bertz CT molecular complexity index is 777. The minimum absolute atomic E-state index is 0.0106. The molecule has 2 rings (SSSR count). The summed E-state index contributed by atoms with van der Waals surface area (Å²) in [5.41, 5.74) is 0.624. The molecule has 32 heavy (non-hydrogen) atoms. The highest BCUT2D eigenvalue weighted by atomic mass is 16.5. The first-order valence-corrected chi connectivity index (χ1v) is 10.1. The molecule has 0 saturated carbocycles. The Morgan fingerprint density at radius 2 is 1.69 bits per heavy atom. The molecule has 0 unspecified atom stereocenters. The number of anilines is 1. The molecular formula is C21H30N2O9. The van der Waals surface area contributed by atoms with Gasteiger partial charge in [-0.1, -0.05) is 0 Å². The standard InChI is InChI=1S/C19H28N2O5.C2H2O4/c1-4-26-19(23)14-7-10-21(11-8-14)12-9-18(22)20-16-6-5-15(24-2)13-17(16)25-3;3-1(4)2(5)6/h5-6,13-14H,4,7-12H2,1-3H3,(H,20,22);(H,3,4)(H,5,6). The van der Waals surface area contributed by atoms with Gasteiger partial charge >= 0.3 is 17.9 Å². The Labute approximate surface area is 186 Å². The summed E-state index contributed by atoms with van der Waals surface area (Å²) in [6.45, 7) is 4.53. The van der Waals surface area contributed by atoms with Crippen LogP contribution in [0.2, 0.25) is 0 Å². The van der Waals surface area contributed by atoms with Crippen molar-refractivity contribution in [1.29, 1.82) is 0 Å². The second-order valence-corrected chi connectivity index (χ2v) is 6.84. The number of rotatable bonds is 8. The van der Waals surface area contributed by atoms with Crippen molar-refractivity contribution in [3.63, 3.8) is 0 Å². The number of carboxylic acid groups (broad SMARTS) is 2. The number of carboxylic acids is 2. The number of esters is 1. The Morgan fingerprint density at radius 3 is 2.19 bits per heavy atom. The smallest absolute Gasteiger partial charge is 0.414 e. The van der Waals surface area contributed by atoms with Gasteiger partial charge in [-0.25, -0.2) is 9.59 Å². The molecule has 0 bridgehead atoms. The number of methoxy groups -OCH3 is 2. The summed E-state index contributed by atoms with van der Waals surface area (Å²) in [6, 6.07) is 5.27. The monoisotopic (exact) mass is 454 g/mol. The van der Waals surface area contributed by atoms with Crippen molar-refractivity contribution in [2.45, 2.75) is 26.2 Å². The predicted molar refractivity (Wildman–Crippen MR) is 114 cm³/mol. The number of benzene rings is 1. The molecule has 1 aliphatic heterocycles. The molecule has 1 fully saturated rings. The number of nitrogens with one attached hydrogen (secondary N) is 1. The van der Waals surface area contributed by atoms with Gasteiger partial charge in [0.05, 0.1) is 32.4 Å². The van der Waals surface area contributed by atoms with E-state index in [4.69, 9.17) is 34.0 Å². The van der Waals surface area contributed by atoms with Gasteiger partial charge in [0.1, 0.15) is 11.5 Å². The first-order chi connectivity index (χ1) is 15.2. The highest BCUT2D eigenvalue weighted by Gasteiger charge is 2.26. The number of amides is 1. The number of likely N-dealkylation sites (tertiary alicyclic amines) is 1. The molecule has 1 aliphatic rings. The van der Waals surface area contributed by atoms with Crippen molar-refractivity contribution in [1.82, 2.24) is 4.90 Å². The Kier molecular flexibility index (Phi) is 11.6. The Hall–Kier alpha value is -3.34. The van der Waals surface area contributed by atoms with Gasteiger partial charge in [0.25, 0.3) is 0 Å². The zero-order chi connectivity index (χ0) is 24.1. The fraction of sp³-hybridized carbons (Fsp3) is 0.524. The lowest BCUT2D eigenvalue weighted by Gasteiger charge is -2.30. The number of carbonyl (C=O) groups excluding carboxylic acids is 2. The first-order valence-electron chi connectivity index (χ1n) is 10.1. The van der Waals surface area contributed by atoms with Crippen LogP contribution in [0, 0.1) is 5.92 Å². The quantitative estimate of drug-likeness (QED) is 0.389. The van der Waals surface area contributed by atoms with Crippen molar-refractivity contribution < 1.29 is 43.6 Å². The maximum absolute atomic E-state index is 12.2. The van der Waals surface area contributed by atoms with E-state index in [0.29, 0.717) is 36.8 Å². The van der Waals surface area contributed by atoms with E-state index in [9.17, 15) is 9.59 Å². The molecule has 178 valence electrons. The number of carbonyl (C=O) groups is 4. The zero-order valence-electron chi connectivity index (χ0n) is 18.5. The van der Waals surface area contributed by atoms with E-state index in [-0.39, 0.29) is 17.8 Å². The molecule has 0 atom stereocenters. The minimum Gasteiger partial charge on any atom is -0.497 e. The summed E-state index contributed by atoms with van der Waals surface area (Å²) in [6.07, 6.45) is 1.96. The normalized spacial score (nSPS) is 13.8. The van der Waals surface area contributed by atoms with Crippen LogP contribution in [0.5, 0.6) is 11.5 Å². The summed E-state index contributed by atoms with van der Waals surface area (Å²) >= 11 is 0. The summed E-state index contributed by atoms with van der Waals surface area (Å²) in [5, 5.41) is 17.7. The van der Waals surface area contributed by atoms with Gasteiger partial charge in [0.2, 0.25) is 5.91 Å². The van der Waals surface area contributed by atoms with Crippen molar-refractivity contribution in [3.05, 3.63) is 18.2 Å². The molecule has 3 N–H and O–H groups in total. The van der Waals surface area contributed by atoms with Crippen LogP contribution in [-0.4, -0.2) is 79.4 Å². The third kappa shape index (κ3) is 9.21. The number of hydrogen-bond acceptors (Lipinski definition) is 8. The number of hydrogen-bond donors (Lipinski definition) is 3. The van der Waals surface area contributed by atoms with Crippen molar-refractivity contribution in [3.8, 4) is 11.5 Å². The molecular weight excluding hydrogens is 424 g/mol. The summed E-state index contributed by atoms with van der Waals surface area (Å²) in [4.78, 5) is 44.4. The number of ether oxygens (including phenoxy) is 3. The third-order valence-corrected chi connectivity index (χ3v) is 4.73. The molecule has 11 nitrogen and oxygen atoms in total. The van der Waals surface area contributed by atoms with E-state index in [2.05, 4.69) is 10.2 Å². The minimum atomic E-state index is -1.82. The molecule has 1 aromatic carbocycles. The SMILES string of the molecule is CCOC(=O)C1CCN(CCC(=O)Nc2ccc(OC)cc2OC)CC1.O=C(O)C(=O)O. The van der Waals surface area contributed by atoms with Crippen LogP contribution < -0.4 is 14.8 Å². The van der Waals surface area contributed by atoms with Crippen molar-refractivity contribution in [2.24, 2.45) is 5.92 Å². The van der Waals surface area contributed by atoms with E-state index in [1.807, 2.05) is 6.92 Å². The van der Waals surface area contributed by atoms with Crippen LogP contribution in [0.4, 0.5) is 5.69 Å². The van der Waals surface area contributed by atoms with E-state index in [1.165, 1.54) is 0 Å². The molecule has 0 aliphatic carbocycles. The maximum atomic E-state index is 12.2. The lowest BCUT2D eigenvalue weighted by atomic mass is 9.97. The molecule has 1 aromatic rings. The van der Waals surface area contributed by atoms with Gasteiger partial charge < -0.3 is 34.6 Å². The molecule has 11 heteroatoms. The second kappa shape index (κ2) is 13.9. The van der Waals surface area contributed by atoms with Gasteiger partial charge in [-0.15, -0.1) is 0 Å². The fourth-order valence-corrected chi connectivity index (χ4v) is 3.03. The van der Waals surface area contributed by atoms with Crippen molar-refractivity contribution in [2.75, 3.05) is 45.8 Å². The van der Waals surface area contributed by atoms with Crippen LogP contribution in [0.3, 0.4) is 0 Å². The second-order valence-electron chi connectivity index (χ2n) is 6.84. The van der Waals surface area contributed by atoms with Gasteiger partial charge in [0, 0.05) is 19.0 Å². The molecule has 1 heterocycles. The average molecular weight is 454 g/mol. The zero-order valence-corrected chi connectivity index (χ0v) is 18.5. The molecule has 0 spiro atoms. The average Bonchev–Trinajstić information content (AvgIpc) is 2.78. The van der Waals surface area contributed by atoms with Gasteiger partial charge in [0.15, 0.2) is 0 Å². The van der Waals surface area contributed by atoms with Crippen molar-refractivity contribution >= 4 is 29.5 Å². The van der Waals surface area contributed by atoms with Crippen LogP contribution in [0.1, 0.15) is 26.2 Å².